The molecule has 1 fully saturated rings. The first-order valence-electron chi connectivity index (χ1n) is 5.78. The molecule has 0 N–H and O–H groups in total. The maximum atomic E-state index is 11.3. The standard InChI is InChI=1S/C14H16O3/c1-16-14(15)12-6-3-7-13(10-12)17-9-8-11-4-2-5-11/h3,6-8,10H,2,4-5,9H2,1H3. The first-order chi connectivity index (χ1) is 8.29. The molecule has 0 heterocycles. The summed E-state index contributed by atoms with van der Waals surface area (Å²) < 4.78 is 10.2. The summed E-state index contributed by atoms with van der Waals surface area (Å²) in [5.74, 6) is 0.358. The second kappa shape index (κ2) is 5.53. The Morgan fingerprint density at radius 1 is 1.41 bits per heavy atom. The zero-order chi connectivity index (χ0) is 12.1. The molecule has 0 aromatic heterocycles. The van der Waals surface area contributed by atoms with E-state index in [1.807, 2.05) is 6.07 Å². The zero-order valence-corrected chi connectivity index (χ0v) is 9.94. The first kappa shape index (κ1) is 11.7. The summed E-state index contributed by atoms with van der Waals surface area (Å²) in [6.45, 7) is 0.569. The van der Waals surface area contributed by atoms with Crippen LogP contribution in [-0.2, 0) is 4.74 Å². The molecule has 17 heavy (non-hydrogen) atoms. The van der Waals surface area contributed by atoms with Gasteiger partial charge in [-0.3, -0.25) is 0 Å². The topological polar surface area (TPSA) is 35.5 Å². The summed E-state index contributed by atoms with van der Waals surface area (Å²) in [7, 11) is 1.37. The van der Waals surface area contributed by atoms with Crippen LogP contribution >= 0.6 is 0 Å². The number of allylic oxidation sites excluding steroid dienone is 1. The molecular weight excluding hydrogens is 216 g/mol. The van der Waals surface area contributed by atoms with E-state index in [1.165, 1.54) is 31.9 Å². The fraction of sp³-hybridized carbons (Fsp3) is 0.357. The summed E-state index contributed by atoms with van der Waals surface area (Å²) >= 11 is 0. The number of carbonyl (C=O) groups excluding carboxylic acids is 1. The lowest BCUT2D eigenvalue weighted by atomic mass is 9.92. The minimum absolute atomic E-state index is 0.340. The average molecular weight is 232 g/mol. The number of esters is 1. The van der Waals surface area contributed by atoms with Crippen molar-refractivity contribution >= 4 is 5.97 Å². The van der Waals surface area contributed by atoms with Crippen molar-refractivity contribution in [2.75, 3.05) is 13.7 Å². The molecule has 3 heteroatoms. The van der Waals surface area contributed by atoms with Crippen molar-refractivity contribution in [3.63, 3.8) is 0 Å². The van der Waals surface area contributed by atoms with Gasteiger partial charge in [-0.2, -0.15) is 0 Å². The minimum atomic E-state index is -0.340. The molecule has 0 saturated heterocycles. The van der Waals surface area contributed by atoms with Crippen molar-refractivity contribution in [1.29, 1.82) is 0 Å². The van der Waals surface area contributed by atoms with Crippen LogP contribution < -0.4 is 4.74 Å². The van der Waals surface area contributed by atoms with Gasteiger partial charge in [0, 0.05) is 0 Å². The van der Waals surface area contributed by atoms with Gasteiger partial charge in [0.15, 0.2) is 0 Å². The van der Waals surface area contributed by atoms with Gasteiger partial charge in [-0.25, -0.2) is 4.79 Å². The molecule has 3 nitrogen and oxygen atoms in total. The number of methoxy groups -OCH3 is 1. The van der Waals surface area contributed by atoms with E-state index in [2.05, 4.69) is 10.8 Å². The van der Waals surface area contributed by atoms with Crippen molar-refractivity contribution in [2.45, 2.75) is 19.3 Å². The molecule has 1 aliphatic carbocycles. The van der Waals surface area contributed by atoms with Crippen molar-refractivity contribution in [1.82, 2.24) is 0 Å². The maximum Gasteiger partial charge on any atom is 0.337 e. The number of rotatable bonds is 4. The number of hydrogen-bond acceptors (Lipinski definition) is 3. The van der Waals surface area contributed by atoms with Crippen LogP contribution in [0.1, 0.15) is 29.6 Å². The Bertz CT molecular complexity index is 429. The molecule has 0 atom stereocenters. The SMILES string of the molecule is COC(=O)c1cccc(OCC=C2CCC2)c1. The molecular formula is C14H16O3. The fourth-order valence-corrected chi connectivity index (χ4v) is 1.67. The highest BCUT2D eigenvalue weighted by atomic mass is 16.5. The molecule has 0 spiro atoms. The van der Waals surface area contributed by atoms with Gasteiger partial charge in [0.25, 0.3) is 0 Å². The third-order valence-electron chi connectivity index (χ3n) is 2.87. The molecule has 0 amide bonds. The third-order valence-corrected chi connectivity index (χ3v) is 2.87. The van der Waals surface area contributed by atoms with E-state index in [1.54, 1.807) is 18.2 Å². The Labute approximate surface area is 101 Å². The van der Waals surface area contributed by atoms with Crippen LogP contribution in [0, 0.1) is 0 Å². The smallest absolute Gasteiger partial charge is 0.337 e. The van der Waals surface area contributed by atoms with Crippen LogP contribution in [0.3, 0.4) is 0 Å². The van der Waals surface area contributed by atoms with Crippen molar-refractivity contribution < 1.29 is 14.3 Å². The Kier molecular flexibility index (Phi) is 3.81. The van der Waals surface area contributed by atoms with Crippen LogP contribution in [0.15, 0.2) is 35.9 Å². The van der Waals surface area contributed by atoms with E-state index >= 15 is 0 Å². The van der Waals surface area contributed by atoms with E-state index in [4.69, 9.17) is 4.74 Å². The van der Waals surface area contributed by atoms with Crippen LogP contribution in [0.2, 0.25) is 0 Å². The lowest BCUT2D eigenvalue weighted by Gasteiger charge is -2.16. The summed E-state index contributed by atoms with van der Waals surface area (Å²) in [5, 5.41) is 0. The largest absolute Gasteiger partial charge is 0.490 e. The highest BCUT2D eigenvalue weighted by Crippen LogP contribution is 2.24. The molecule has 0 radical (unpaired) electrons. The number of ether oxygens (including phenoxy) is 2. The van der Waals surface area contributed by atoms with Crippen molar-refractivity contribution in [3.05, 3.63) is 41.5 Å². The van der Waals surface area contributed by atoms with Gasteiger partial charge in [-0.15, -0.1) is 0 Å². The molecule has 1 aromatic rings. The minimum Gasteiger partial charge on any atom is -0.490 e. The van der Waals surface area contributed by atoms with Gasteiger partial charge >= 0.3 is 5.97 Å². The molecule has 1 aliphatic rings. The second-order valence-corrected chi connectivity index (χ2v) is 4.05. The van der Waals surface area contributed by atoms with E-state index in [9.17, 15) is 4.79 Å². The number of hydrogen-bond donors (Lipinski definition) is 0. The first-order valence-corrected chi connectivity index (χ1v) is 5.78. The van der Waals surface area contributed by atoms with Gasteiger partial charge in [0.1, 0.15) is 12.4 Å². The van der Waals surface area contributed by atoms with Gasteiger partial charge in [0.05, 0.1) is 12.7 Å². The van der Waals surface area contributed by atoms with Crippen LogP contribution in [0.25, 0.3) is 0 Å². The quantitative estimate of drug-likeness (QED) is 0.591. The van der Waals surface area contributed by atoms with Crippen molar-refractivity contribution in [3.8, 4) is 5.75 Å². The Morgan fingerprint density at radius 2 is 2.24 bits per heavy atom. The second-order valence-electron chi connectivity index (χ2n) is 4.05. The van der Waals surface area contributed by atoms with Gasteiger partial charge < -0.3 is 9.47 Å². The molecule has 0 aliphatic heterocycles. The maximum absolute atomic E-state index is 11.3. The summed E-state index contributed by atoms with van der Waals surface area (Å²) in [4.78, 5) is 11.3. The Morgan fingerprint density at radius 3 is 2.88 bits per heavy atom. The monoisotopic (exact) mass is 232 g/mol. The van der Waals surface area contributed by atoms with Gasteiger partial charge in [-0.05, 0) is 43.5 Å². The van der Waals surface area contributed by atoms with Crippen LogP contribution in [-0.4, -0.2) is 19.7 Å². The molecule has 1 saturated carbocycles. The molecule has 0 unspecified atom stereocenters. The normalized spacial score (nSPS) is 13.8. The molecule has 1 aromatic carbocycles. The fourth-order valence-electron chi connectivity index (χ4n) is 1.67. The van der Waals surface area contributed by atoms with Gasteiger partial charge in [-0.1, -0.05) is 11.6 Å². The highest BCUT2D eigenvalue weighted by Gasteiger charge is 2.08. The molecule has 0 bridgehead atoms. The molecule has 90 valence electrons. The van der Waals surface area contributed by atoms with E-state index in [0.717, 1.165) is 0 Å². The lowest BCUT2D eigenvalue weighted by Crippen LogP contribution is -2.03. The van der Waals surface area contributed by atoms with Crippen LogP contribution in [0.4, 0.5) is 0 Å². The predicted octanol–water partition coefficient (Wildman–Crippen LogP) is 2.96. The summed E-state index contributed by atoms with van der Waals surface area (Å²) in [6, 6.07) is 7.04. The number of benzene rings is 1. The predicted molar refractivity (Wildman–Crippen MR) is 65.2 cm³/mol. The Balaban J connectivity index is 1.93. The van der Waals surface area contributed by atoms with E-state index < -0.39 is 0 Å². The van der Waals surface area contributed by atoms with Crippen molar-refractivity contribution in [2.24, 2.45) is 0 Å². The highest BCUT2D eigenvalue weighted by molar-refractivity contribution is 5.89. The average Bonchev–Trinajstić information content (AvgIpc) is 2.32. The zero-order valence-electron chi connectivity index (χ0n) is 9.94. The third kappa shape index (κ3) is 3.09. The van der Waals surface area contributed by atoms with E-state index in [-0.39, 0.29) is 5.97 Å². The summed E-state index contributed by atoms with van der Waals surface area (Å²) in [5.41, 5.74) is 1.98. The lowest BCUT2D eigenvalue weighted by molar-refractivity contribution is 0.0600. The van der Waals surface area contributed by atoms with Gasteiger partial charge in [0.2, 0.25) is 0 Å². The van der Waals surface area contributed by atoms with E-state index in [0.29, 0.717) is 17.9 Å². The number of carbonyl (C=O) groups is 1. The summed E-state index contributed by atoms with van der Waals surface area (Å²) in [6.07, 6.45) is 5.81. The van der Waals surface area contributed by atoms with Crippen LogP contribution in [0.5, 0.6) is 5.75 Å². The Hall–Kier alpha value is -1.77. The molecule has 2 rings (SSSR count).